The first-order valence-corrected chi connectivity index (χ1v) is 6.78. The monoisotopic (exact) mass is 298 g/mol. The lowest BCUT2D eigenvalue weighted by Gasteiger charge is -2.02. The van der Waals surface area contributed by atoms with E-state index in [-0.39, 0.29) is 6.61 Å². The van der Waals surface area contributed by atoms with E-state index in [9.17, 15) is 4.79 Å². The lowest BCUT2D eigenvalue weighted by Crippen LogP contribution is -1.94. The normalized spacial score (nSPS) is 10.6. The standard InChI is InChI=1S/C15H14N4O3/c1-2-19-7-12(6-18-19)15-14(17-9-22-15)11-3-4-13(16-5-11)8-21-10-20/h3-7,9-10H,2,8H2,1H3. The van der Waals surface area contributed by atoms with Crippen molar-refractivity contribution in [3.8, 4) is 22.6 Å². The second-order valence-corrected chi connectivity index (χ2v) is 4.56. The molecule has 7 heteroatoms. The summed E-state index contributed by atoms with van der Waals surface area (Å²) >= 11 is 0. The van der Waals surface area contributed by atoms with Gasteiger partial charge < -0.3 is 9.15 Å². The predicted octanol–water partition coefficient (Wildman–Crippen LogP) is 2.29. The van der Waals surface area contributed by atoms with Crippen LogP contribution in [0, 0.1) is 0 Å². The smallest absolute Gasteiger partial charge is 0.293 e. The average molecular weight is 298 g/mol. The number of ether oxygens (including phenoxy) is 1. The predicted molar refractivity (Wildman–Crippen MR) is 77.5 cm³/mol. The van der Waals surface area contributed by atoms with Crippen LogP contribution in [0.1, 0.15) is 12.6 Å². The van der Waals surface area contributed by atoms with Crippen LogP contribution in [0.2, 0.25) is 0 Å². The van der Waals surface area contributed by atoms with Crippen LogP contribution in [-0.4, -0.2) is 26.2 Å². The van der Waals surface area contributed by atoms with Crippen molar-refractivity contribution in [2.24, 2.45) is 0 Å². The Hall–Kier alpha value is -2.96. The van der Waals surface area contributed by atoms with Gasteiger partial charge in [-0.3, -0.25) is 14.5 Å². The van der Waals surface area contributed by atoms with Crippen molar-refractivity contribution < 1.29 is 13.9 Å². The molecule has 0 saturated carbocycles. The maximum absolute atomic E-state index is 10.2. The molecule has 3 aromatic rings. The number of hydrogen-bond donors (Lipinski definition) is 0. The van der Waals surface area contributed by atoms with Crippen molar-refractivity contribution in [2.75, 3.05) is 0 Å². The van der Waals surface area contributed by atoms with Crippen molar-refractivity contribution in [1.29, 1.82) is 0 Å². The fraction of sp³-hybridized carbons (Fsp3) is 0.200. The lowest BCUT2D eigenvalue weighted by atomic mass is 10.1. The first-order valence-electron chi connectivity index (χ1n) is 6.78. The number of oxazole rings is 1. The molecule has 0 unspecified atom stereocenters. The van der Waals surface area contributed by atoms with Crippen LogP contribution in [0.5, 0.6) is 0 Å². The Morgan fingerprint density at radius 1 is 1.27 bits per heavy atom. The molecule has 7 nitrogen and oxygen atoms in total. The Bertz CT molecular complexity index is 761. The second kappa shape index (κ2) is 6.21. The van der Waals surface area contributed by atoms with E-state index in [2.05, 4.69) is 19.8 Å². The van der Waals surface area contributed by atoms with Crippen LogP contribution in [0.15, 0.2) is 41.5 Å². The Labute approximate surface area is 126 Å². The summed E-state index contributed by atoms with van der Waals surface area (Å²) in [6.45, 7) is 3.36. The van der Waals surface area contributed by atoms with E-state index in [1.54, 1.807) is 18.5 Å². The Balaban J connectivity index is 1.89. The third-order valence-corrected chi connectivity index (χ3v) is 3.18. The van der Waals surface area contributed by atoms with Crippen molar-refractivity contribution in [3.05, 3.63) is 42.8 Å². The summed E-state index contributed by atoms with van der Waals surface area (Å²) in [5, 5.41) is 4.24. The molecule has 0 saturated heterocycles. The van der Waals surface area contributed by atoms with Gasteiger partial charge in [-0.05, 0) is 19.1 Å². The van der Waals surface area contributed by atoms with Crippen molar-refractivity contribution in [3.63, 3.8) is 0 Å². The topological polar surface area (TPSA) is 83.0 Å². The van der Waals surface area contributed by atoms with Gasteiger partial charge in [0.15, 0.2) is 12.2 Å². The van der Waals surface area contributed by atoms with E-state index in [1.165, 1.54) is 6.39 Å². The molecule has 0 fully saturated rings. The van der Waals surface area contributed by atoms with Gasteiger partial charge in [0.05, 0.1) is 17.5 Å². The van der Waals surface area contributed by atoms with Crippen LogP contribution in [0.3, 0.4) is 0 Å². The van der Waals surface area contributed by atoms with Gasteiger partial charge in [0.1, 0.15) is 12.3 Å². The zero-order valence-electron chi connectivity index (χ0n) is 12.0. The van der Waals surface area contributed by atoms with Gasteiger partial charge in [-0.1, -0.05) is 0 Å². The number of rotatable bonds is 6. The number of aryl methyl sites for hydroxylation is 1. The minimum Gasteiger partial charge on any atom is -0.461 e. The Morgan fingerprint density at radius 2 is 2.18 bits per heavy atom. The highest BCUT2D eigenvalue weighted by molar-refractivity contribution is 5.75. The first kappa shape index (κ1) is 14.0. The second-order valence-electron chi connectivity index (χ2n) is 4.56. The summed E-state index contributed by atoms with van der Waals surface area (Å²) in [5.74, 6) is 0.651. The number of carbonyl (C=O) groups is 1. The molecule has 0 spiro atoms. The van der Waals surface area contributed by atoms with Gasteiger partial charge in [-0.2, -0.15) is 5.10 Å². The van der Waals surface area contributed by atoms with Gasteiger partial charge in [0, 0.05) is 24.5 Å². The largest absolute Gasteiger partial charge is 0.461 e. The molecule has 3 heterocycles. The van der Waals surface area contributed by atoms with Crippen molar-refractivity contribution >= 4 is 6.47 Å². The Kier molecular flexibility index (Phi) is 3.95. The number of carbonyl (C=O) groups excluding carboxylic acids is 1. The molecule has 3 aromatic heterocycles. The third-order valence-electron chi connectivity index (χ3n) is 3.18. The summed E-state index contributed by atoms with van der Waals surface area (Å²) in [5.41, 5.74) is 3.05. The fourth-order valence-corrected chi connectivity index (χ4v) is 2.08. The van der Waals surface area contributed by atoms with Gasteiger partial charge >= 0.3 is 0 Å². The van der Waals surface area contributed by atoms with Crippen molar-refractivity contribution in [1.82, 2.24) is 19.7 Å². The summed E-state index contributed by atoms with van der Waals surface area (Å²) in [7, 11) is 0. The third kappa shape index (κ3) is 2.73. The van der Waals surface area contributed by atoms with E-state index >= 15 is 0 Å². The van der Waals surface area contributed by atoms with Crippen molar-refractivity contribution in [2.45, 2.75) is 20.1 Å². The fourth-order valence-electron chi connectivity index (χ4n) is 2.08. The summed E-state index contributed by atoms with van der Waals surface area (Å²) < 4.78 is 12.0. The molecule has 22 heavy (non-hydrogen) atoms. The molecule has 0 amide bonds. The van der Waals surface area contributed by atoms with E-state index < -0.39 is 0 Å². The molecule has 0 bridgehead atoms. The maximum Gasteiger partial charge on any atom is 0.293 e. The zero-order chi connectivity index (χ0) is 15.4. The van der Waals surface area contributed by atoms with Crippen LogP contribution in [0.4, 0.5) is 0 Å². The first-order chi connectivity index (χ1) is 10.8. The van der Waals surface area contributed by atoms with Gasteiger partial charge in [-0.15, -0.1) is 0 Å². The van der Waals surface area contributed by atoms with E-state index in [4.69, 9.17) is 4.42 Å². The van der Waals surface area contributed by atoms with E-state index in [1.807, 2.05) is 23.9 Å². The van der Waals surface area contributed by atoms with Crippen LogP contribution < -0.4 is 0 Å². The molecule has 0 aromatic carbocycles. The summed E-state index contributed by atoms with van der Waals surface area (Å²) in [4.78, 5) is 18.7. The minimum atomic E-state index is 0.152. The average Bonchev–Trinajstić information content (AvgIpc) is 3.21. The van der Waals surface area contributed by atoms with Crippen LogP contribution in [0.25, 0.3) is 22.6 Å². The molecule has 0 atom stereocenters. The number of aromatic nitrogens is 4. The maximum atomic E-state index is 10.2. The Morgan fingerprint density at radius 3 is 2.86 bits per heavy atom. The highest BCUT2D eigenvalue weighted by Crippen LogP contribution is 2.30. The quantitative estimate of drug-likeness (QED) is 0.649. The van der Waals surface area contributed by atoms with E-state index in [0.717, 1.165) is 17.7 Å². The van der Waals surface area contributed by atoms with Gasteiger partial charge in [0.25, 0.3) is 6.47 Å². The molecule has 0 aliphatic carbocycles. The molecule has 0 aliphatic rings. The SMILES string of the molecule is CCn1cc(-c2ocnc2-c2ccc(COC=O)nc2)cn1. The summed E-state index contributed by atoms with van der Waals surface area (Å²) in [6.07, 6.45) is 6.73. The minimum absolute atomic E-state index is 0.152. The summed E-state index contributed by atoms with van der Waals surface area (Å²) in [6, 6.07) is 3.65. The number of nitrogens with zero attached hydrogens (tertiary/aromatic N) is 4. The molecule has 0 N–H and O–H groups in total. The molecular formula is C15H14N4O3. The molecular weight excluding hydrogens is 284 g/mol. The van der Waals surface area contributed by atoms with Crippen LogP contribution >= 0.6 is 0 Å². The highest BCUT2D eigenvalue weighted by atomic mass is 16.5. The van der Waals surface area contributed by atoms with Gasteiger partial charge in [0.2, 0.25) is 0 Å². The molecule has 0 aliphatic heterocycles. The lowest BCUT2D eigenvalue weighted by molar-refractivity contribution is -0.129. The molecule has 3 rings (SSSR count). The van der Waals surface area contributed by atoms with Gasteiger partial charge in [-0.25, -0.2) is 4.98 Å². The van der Waals surface area contributed by atoms with Crippen LogP contribution in [-0.2, 0) is 22.7 Å². The number of hydrogen-bond acceptors (Lipinski definition) is 6. The highest BCUT2D eigenvalue weighted by Gasteiger charge is 2.15. The molecule has 112 valence electrons. The zero-order valence-corrected chi connectivity index (χ0v) is 12.0. The van der Waals surface area contributed by atoms with E-state index in [0.29, 0.717) is 23.6 Å². The molecule has 0 radical (unpaired) electrons. The number of pyridine rings is 1.